The van der Waals surface area contributed by atoms with Crippen molar-refractivity contribution < 1.29 is 0 Å². The van der Waals surface area contributed by atoms with Crippen LogP contribution in [-0.2, 0) is 6.54 Å². The van der Waals surface area contributed by atoms with E-state index in [1.165, 1.54) is 17.7 Å². The molecule has 5 heteroatoms. The number of nitrogens with zero attached hydrogens (tertiary/aromatic N) is 3. The van der Waals surface area contributed by atoms with Crippen LogP contribution in [0.15, 0.2) is 41.8 Å². The minimum atomic E-state index is 0.804. The summed E-state index contributed by atoms with van der Waals surface area (Å²) >= 11 is 1.76. The molecule has 0 amide bonds. The Balaban J connectivity index is 1.70. The minimum Gasteiger partial charge on any atom is -0.364 e. The summed E-state index contributed by atoms with van der Waals surface area (Å²) in [7, 11) is 0. The smallest absolute Gasteiger partial charge is 0.227 e. The molecule has 3 aromatic rings. The SMILES string of the molecule is c1csc(CNc2nc(N3CCCC3)nc3ccccc23)c1. The first kappa shape index (κ1) is 13.5. The standard InChI is InChI=1S/C17H18N4S/c1-2-8-15-14(7-1)16(18-12-13-6-5-11-22-13)20-17(19-15)21-9-3-4-10-21/h1-2,5-8,11H,3-4,9-10,12H2,(H,18,19,20). The molecule has 1 N–H and O–H groups in total. The van der Waals surface area contributed by atoms with E-state index in [-0.39, 0.29) is 0 Å². The number of thiophene rings is 1. The molecule has 3 heterocycles. The van der Waals surface area contributed by atoms with Gasteiger partial charge in [-0.3, -0.25) is 0 Å². The van der Waals surface area contributed by atoms with Crippen molar-refractivity contribution in [2.75, 3.05) is 23.3 Å². The summed E-state index contributed by atoms with van der Waals surface area (Å²) in [5.41, 5.74) is 1.01. The van der Waals surface area contributed by atoms with E-state index < -0.39 is 0 Å². The molecule has 2 aromatic heterocycles. The number of nitrogens with one attached hydrogen (secondary N) is 1. The molecular weight excluding hydrogens is 292 g/mol. The maximum atomic E-state index is 4.79. The molecule has 1 saturated heterocycles. The van der Waals surface area contributed by atoms with Gasteiger partial charge in [-0.15, -0.1) is 11.3 Å². The third kappa shape index (κ3) is 2.64. The number of benzene rings is 1. The lowest BCUT2D eigenvalue weighted by Gasteiger charge is -2.17. The number of aromatic nitrogens is 2. The van der Waals surface area contributed by atoms with E-state index in [0.29, 0.717) is 0 Å². The van der Waals surface area contributed by atoms with Crippen molar-refractivity contribution in [3.63, 3.8) is 0 Å². The highest BCUT2D eigenvalue weighted by Gasteiger charge is 2.17. The van der Waals surface area contributed by atoms with E-state index >= 15 is 0 Å². The van der Waals surface area contributed by atoms with Crippen molar-refractivity contribution in [2.45, 2.75) is 19.4 Å². The van der Waals surface area contributed by atoms with Crippen molar-refractivity contribution in [3.8, 4) is 0 Å². The lowest BCUT2D eigenvalue weighted by molar-refractivity contribution is 0.906. The van der Waals surface area contributed by atoms with Gasteiger partial charge in [0.1, 0.15) is 5.82 Å². The van der Waals surface area contributed by atoms with Gasteiger partial charge in [0.05, 0.1) is 12.1 Å². The number of hydrogen-bond acceptors (Lipinski definition) is 5. The van der Waals surface area contributed by atoms with Crippen LogP contribution >= 0.6 is 11.3 Å². The maximum absolute atomic E-state index is 4.79. The average molecular weight is 310 g/mol. The molecular formula is C17H18N4S. The summed E-state index contributed by atoms with van der Waals surface area (Å²) in [5.74, 6) is 1.78. The number of rotatable bonds is 4. The highest BCUT2D eigenvalue weighted by molar-refractivity contribution is 7.09. The predicted molar refractivity (Wildman–Crippen MR) is 92.6 cm³/mol. The highest BCUT2D eigenvalue weighted by atomic mass is 32.1. The van der Waals surface area contributed by atoms with Crippen LogP contribution < -0.4 is 10.2 Å². The zero-order valence-corrected chi connectivity index (χ0v) is 13.1. The van der Waals surface area contributed by atoms with Crippen molar-refractivity contribution in [1.82, 2.24) is 9.97 Å². The van der Waals surface area contributed by atoms with Crippen LogP contribution in [0.1, 0.15) is 17.7 Å². The Morgan fingerprint density at radius 3 is 2.73 bits per heavy atom. The third-order valence-electron chi connectivity index (χ3n) is 3.99. The lowest BCUT2D eigenvalue weighted by atomic mass is 10.2. The zero-order valence-electron chi connectivity index (χ0n) is 12.3. The number of anilines is 2. The third-order valence-corrected chi connectivity index (χ3v) is 4.87. The van der Waals surface area contributed by atoms with Gasteiger partial charge >= 0.3 is 0 Å². The summed E-state index contributed by atoms with van der Waals surface area (Å²) in [6.07, 6.45) is 2.46. The van der Waals surface area contributed by atoms with Gasteiger partial charge in [0.2, 0.25) is 5.95 Å². The largest absolute Gasteiger partial charge is 0.364 e. The van der Waals surface area contributed by atoms with Gasteiger partial charge in [-0.05, 0) is 36.4 Å². The molecule has 0 atom stereocenters. The fourth-order valence-corrected chi connectivity index (χ4v) is 3.49. The van der Waals surface area contributed by atoms with Gasteiger partial charge in [0, 0.05) is 23.4 Å². The molecule has 4 rings (SSSR count). The lowest BCUT2D eigenvalue weighted by Crippen LogP contribution is -2.21. The first-order chi connectivity index (χ1) is 10.9. The summed E-state index contributed by atoms with van der Waals surface area (Å²) in [6, 6.07) is 12.4. The molecule has 1 aliphatic heterocycles. The topological polar surface area (TPSA) is 41.1 Å². The maximum Gasteiger partial charge on any atom is 0.227 e. The predicted octanol–water partition coefficient (Wildman–Crippen LogP) is 3.90. The molecule has 0 unspecified atom stereocenters. The second kappa shape index (κ2) is 5.93. The number of fused-ring (bicyclic) bond motifs is 1. The quantitative estimate of drug-likeness (QED) is 0.793. The molecule has 0 aliphatic carbocycles. The summed E-state index contributed by atoms with van der Waals surface area (Å²) in [4.78, 5) is 13.1. The highest BCUT2D eigenvalue weighted by Crippen LogP contribution is 2.26. The molecule has 1 aliphatic rings. The van der Waals surface area contributed by atoms with Gasteiger partial charge in [-0.2, -0.15) is 4.98 Å². The van der Waals surface area contributed by atoms with E-state index in [0.717, 1.165) is 42.3 Å². The molecule has 1 fully saturated rings. The first-order valence-corrected chi connectivity index (χ1v) is 8.56. The van der Waals surface area contributed by atoms with E-state index in [9.17, 15) is 0 Å². The monoisotopic (exact) mass is 310 g/mol. The fourth-order valence-electron chi connectivity index (χ4n) is 2.84. The van der Waals surface area contributed by atoms with Crippen molar-refractivity contribution in [2.24, 2.45) is 0 Å². The van der Waals surface area contributed by atoms with Crippen LogP contribution in [0, 0.1) is 0 Å². The van der Waals surface area contributed by atoms with Crippen LogP contribution in [0.4, 0.5) is 11.8 Å². The Morgan fingerprint density at radius 1 is 1.05 bits per heavy atom. The zero-order chi connectivity index (χ0) is 14.8. The summed E-state index contributed by atoms with van der Waals surface area (Å²) < 4.78 is 0. The molecule has 22 heavy (non-hydrogen) atoms. The number of hydrogen-bond donors (Lipinski definition) is 1. The van der Waals surface area contributed by atoms with Gasteiger partial charge in [0.25, 0.3) is 0 Å². The molecule has 4 nitrogen and oxygen atoms in total. The van der Waals surface area contributed by atoms with E-state index in [4.69, 9.17) is 9.97 Å². The Labute approximate surface area is 133 Å². The van der Waals surface area contributed by atoms with Crippen LogP contribution in [0.3, 0.4) is 0 Å². The molecule has 0 bridgehead atoms. The second-order valence-corrected chi connectivity index (χ2v) is 6.55. The molecule has 1 aromatic carbocycles. The normalized spacial score (nSPS) is 14.6. The summed E-state index contributed by atoms with van der Waals surface area (Å²) in [6.45, 7) is 2.92. The Kier molecular flexibility index (Phi) is 3.64. The molecule has 0 radical (unpaired) electrons. The van der Waals surface area contributed by atoms with Gasteiger partial charge in [-0.25, -0.2) is 4.98 Å². The second-order valence-electron chi connectivity index (χ2n) is 5.52. The van der Waals surface area contributed by atoms with Crippen LogP contribution in [0.2, 0.25) is 0 Å². The first-order valence-electron chi connectivity index (χ1n) is 7.68. The van der Waals surface area contributed by atoms with Gasteiger partial charge < -0.3 is 10.2 Å². The summed E-state index contributed by atoms with van der Waals surface area (Å²) in [5, 5.41) is 6.67. The van der Waals surface area contributed by atoms with Crippen LogP contribution in [0.25, 0.3) is 10.9 Å². The van der Waals surface area contributed by atoms with Gasteiger partial charge in [0.15, 0.2) is 0 Å². The number of para-hydroxylation sites is 1. The Morgan fingerprint density at radius 2 is 1.91 bits per heavy atom. The van der Waals surface area contributed by atoms with E-state index in [1.807, 2.05) is 12.1 Å². The Bertz CT molecular complexity index is 763. The average Bonchev–Trinajstić information content (AvgIpc) is 3.25. The minimum absolute atomic E-state index is 0.804. The van der Waals surface area contributed by atoms with Crippen molar-refractivity contribution in [1.29, 1.82) is 0 Å². The van der Waals surface area contributed by atoms with E-state index in [2.05, 4.69) is 39.9 Å². The van der Waals surface area contributed by atoms with E-state index in [1.54, 1.807) is 11.3 Å². The molecule has 112 valence electrons. The Hall–Kier alpha value is -2.14. The molecule has 0 saturated carbocycles. The van der Waals surface area contributed by atoms with Crippen LogP contribution in [0.5, 0.6) is 0 Å². The molecule has 0 spiro atoms. The van der Waals surface area contributed by atoms with Crippen molar-refractivity contribution in [3.05, 3.63) is 46.7 Å². The van der Waals surface area contributed by atoms with Gasteiger partial charge in [-0.1, -0.05) is 18.2 Å². The fraction of sp³-hybridized carbons (Fsp3) is 0.294. The van der Waals surface area contributed by atoms with Crippen molar-refractivity contribution >= 4 is 34.0 Å². The van der Waals surface area contributed by atoms with Crippen LogP contribution in [-0.4, -0.2) is 23.1 Å².